The number of aryl methyl sites for hydroxylation is 1. The molecule has 5 heteroatoms. The molecule has 1 aliphatic rings. The number of amides is 1. The van der Waals surface area contributed by atoms with Crippen LogP contribution in [0.15, 0.2) is 24.3 Å². The van der Waals surface area contributed by atoms with Gasteiger partial charge in [0.05, 0.1) is 0 Å². The van der Waals surface area contributed by atoms with Crippen LogP contribution in [0.2, 0.25) is 5.02 Å². The number of aliphatic carboxylic acids is 1. The first kappa shape index (κ1) is 17.8. The van der Waals surface area contributed by atoms with Crippen LogP contribution in [0.4, 0.5) is 0 Å². The highest BCUT2D eigenvalue weighted by Gasteiger charge is 2.23. The Balaban J connectivity index is 1.72. The van der Waals surface area contributed by atoms with Gasteiger partial charge in [0.1, 0.15) is 0 Å². The topological polar surface area (TPSA) is 57.6 Å². The summed E-state index contributed by atoms with van der Waals surface area (Å²) in [5, 5.41) is 9.50. The molecule has 0 radical (unpaired) electrons. The van der Waals surface area contributed by atoms with E-state index < -0.39 is 5.97 Å². The van der Waals surface area contributed by atoms with Gasteiger partial charge in [-0.2, -0.15) is 0 Å². The Kier molecular flexibility index (Phi) is 6.90. The van der Waals surface area contributed by atoms with Gasteiger partial charge in [0.15, 0.2) is 0 Å². The monoisotopic (exact) mass is 337 g/mol. The van der Waals surface area contributed by atoms with Gasteiger partial charge in [-0.1, -0.05) is 23.7 Å². The van der Waals surface area contributed by atoms with Crippen molar-refractivity contribution in [1.82, 2.24) is 4.90 Å². The van der Waals surface area contributed by atoms with Crippen molar-refractivity contribution in [3.63, 3.8) is 0 Å². The quantitative estimate of drug-likeness (QED) is 0.824. The molecule has 1 aromatic carbocycles. The summed E-state index contributed by atoms with van der Waals surface area (Å²) in [5.74, 6) is -0.226. The lowest BCUT2D eigenvalue weighted by molar-refractivity contribution is -0.137. The first-order valence-electron chi connectivity index (χ1n) is 8.28. The van der Waals surface area contributed by atoms with Crippen LogP contribution in [-0.2, 0) is 16.0 Å². The zero-order valence-electron chi connectivity index (χ0n) is 13.3. The van der Waals surface area contributed by atoms with Gasteiger partial charge in [0.25, 0.3) is 0 Å². The molecule has 2 rings (SSSR count). The Hall–Kier alpha value is -1.55. The van der Waals surface area contributed by atoms with Gasteiger partial charge < -0.3 is 10.0 Å². The van der Waals surface area contributed by atoms with Crippen LogP contribution in [0.5, 0.6) is 0 Å². The lowest BCUT2D eigenvalue weighted by Crippen LogP contribution is -2.40. The number of benzene rings is 1. The third-order valence-corrected chi connectivity index (χ3v) is 4.66. The van der Waals surface area contributed by atoms with Crippen molar-refractivity contribution in [2.45, 2.75) is 44.9 Å². The van der Waals surface area contributed by atoms with E-state index >= 15 is 0 Å². The van der Waals surface area contributed by atoms with Crippen molar-refractivity contribution < 1.29 is 14.7 Å². The minimum atomic E-state index is -0.753. The van der Waals surface area contributed by atoms with Gasteiger partial charge in [-0.25, -0.2) is 0 Å². The fourth-order valence-electron chi connectivity index (χ4n) is 3.11. The van der Waals surface area contributed by atoms with Crippen LogP contribution in [-0.4, -0.2) is 35.0 Å². The Labute approximate surface area is 142 Å². The molecule has 126 valence electrons. The molecule has 1 aliphatic heterocycles. The van der Waals surface area contributed by atoms with Crippen LogP contribution >= 0.6 is 11.6 Å². The molecule has 23 heavy (non-hydrogen) atoms. The molecule has 0 aliphatic carbocycles. The normalized spacial score (nSPS) is 18.0. The van der Waals surface area contributed by atoms with E-state index in [-0.39, 0.29) is 12.3 Å². The van der Waals surface area contributed by atoms with Crippen LogP contribution in [0.25, 0.3) is 0 Å². The number of nitrogens with zero attached hydrogens (tertiary/aromatic N) is 1. The Morgan fingerprint density at radius 1 is 1.22 bits per heavy atom. The van der Waals surface area contributed by atoms with Crippen LogP contribution < -0.4 is 0 Å². The average Bonchev–Trinajstić information content (AvgIpc) is 2.55. The summed E-state index contributed by atoms with van der Waals surface area (Å²) in [4.78, 5) is 24.9. The van der Waals surface area contributed by atoms with Gasteiger partial charge in [0, 0.05) is 31.0 Å². The maximum atomic E-state index is 12.3. The van der Waals surface area contributed by atoms with Crippen LogP contribution in [0, 0.1) is 5.92 Å². The Bertz CT molecular complexity index is 530. The molecule has 1 saturated heterocycles. The summed E-state index contributed by atoms with van der Waals surface area (Å²) in [6.07, 6.45) is 5.13. The number of hydrogen-bond donors (Lipinski definition) is 1. The third-order valence-electron chi connectivity index (χ3n) is 4.41. The summed E-state index contributed by atoms with van der Waals surface area (Å²) in [5.41, 5.74) is 1.19. The fraction of sp³-hybridized carbons (Fsp3) is 0.556. The maximum absolute atomic E-state index is 12.3. The predicted molar refractivity (Wildman–Crippen MR) is 90.6 cm³/mol. The number of carbonyl (C=O) groups is 2. The second-order valence-corrected chi connectivity index (χ2v) is 6.70. The molecule has 1 aromatic rings. The number of carboxylic acids is 1. The Morgan fingerprint density at radius 3 is 2.65 bits per heavy atom. The second-order valence-electron chi connectivity index (χ2n) is 6.26. The molecular weight excluding hydrogens is 314 g/mol. The van der Waals surface area contributed by atoms with E-state index in [1.54, 1.807) is 0 Å². The zero-order chi connectivity index (χ0) is 16.7. The highest BCUT2D eigenvalue weighted by atomic mass is 35.5. The molecule has 0 bridgehead atoms. The lowest BCUT2D eigenvalue weighted by atomic mass is 9.93. The van der Waals surface area contributed by atoms with E-state index in [0.29, 0.717) is 25.3 Å². The predicted octanol–water partition coefficient (Wildman–Crippen LogP) is 3.77. The largest absolute Gasteiger partial charge is 0.481 e. The first-order valence-corrected chi connectivity index (χ1v) is 8.66. The molecular formula is C18H24ClNO3. The Morgan fingerprint density at radius 2 is 1.96 bits per heavy atom. The number of carboxylic acid groups (broad SMARTS) is 1. The number of carbonyl (C=O) groups excluding carboxylic acids is 1. The van der Waals surface area contributed by atoms with Gasteiger partial charge in [-0.15, -0.1) is 0 Å². The summed E-state index contributed by atoms with van der Waals surface area (Å²) in [6, 6.07) is 7.73. The second kappa shape index (κ2) is 8.92. The summed E-state index contributed by atoms with van der Waals surface area (Å²) >= 11 is 5.86. The third kappa shape index (κ3) is 6.22. The van der Waals surface area contributed by atoms with E-state index in [4.69, 9.17) is 16.7 Å². The van der Waals surface area contributed by atoms with Crippen molar-refractivity contribution in [2.24, 2.45) is 5.92 Å². The number of rotatable bonds is 7. The van der Waals surface area contributed by atoms with Crippen LogP contribution in [0.1, 0.15) is 44.1 Å². The minimum absolute atomic E-state index is 0.194. The highest BCUT2D eigenvalue weighted by molar-refractivity contribution is 6.30. The molecule has 0 spiro atoms. The standard InChI is InChI=1S/C18H24ClNO3/c19-16-9-6-14(7-10-16)3-1-5-17(21)20-12-2-4-15(13-20)8-11-18(22)23/h6-7,9-10,15H,1-5,8,11-13H2,(H,22,23)/t15-/m0/s1. The van der Waals surface area contributed by atoms with Crippen LogP contribution in [0.3, 0.4) is 0 Å². The van der Waals surface area contributed by atoms with E-state index in [0.717, 1.165) is 37.3 Å². The van der Waals surface area contributed by atoms with Crippen molar-refractivity contribution >= 4 is 23.5 Å². The molecule has 0 saturated carbocycles. The highest BCUT2D eigenvalue weighted by Crippen LogP contribution is 2.22. The van der Waals surface area contributed by atoms with E-state index in [1.807, 2.05) is 29.2 Å². The minimum Gasteiger partial charge on any atom is -0.481 e. The smallest absolute Gasteiger partial charge is 0.303 e. The van der Waals surface area contributed by atoms with Gasteiger partial charge in [-0.05, 0) is 55.7 Å². The van der Waals surface area contributed by atoms with E-state index in [2.05, 4.69) is 0 Å². The van der Waals surface area contributed by atoms with E-state index in [9.17, 15) is 9.59 Å². The molecule has 1 N–H and O–H groups in total. The average molecular weight is 338 g/mol. The van der Waals surface area contributed by atoms with Gasteiger partial charge in [-0.3, -0.25) is 9.59 Å². The van der Waals surface area contributed by atoms with Crippen molar-refractivity contribution in [3.8, 4) is 0 Å². The molecule has 0 aromatic heterocycles. The SMILES string of the molecule is O=C(O)CC[C@@H]1CCCN(C(=O)CCCc2ccc(Cl)cc2)C1. The number of halogens is 1. The summed E-state index contributed by atoms with van der Waals surface area (Å²) in [6.45, 7) is 1.52. The van der Waals surface area contributed by atoms with Crippen molar-refractivity contribution in [1.29, 1.82) is 0 Å². The molecule has 4 nitrogen and oxygen atoms in total. The molecule has 1 amide bonds. The van der Waals surface area contributed by atoms with Crippen molar-refractivity contribution in [2.75, 3.05) is 13.1 Å². The summed E-state index contributed by atoms with van der Waals surface area (Å²) < 4.78 is 0. The van der Waals surface area contributed by atoms with Gasteiger partial charge in [0.2, 0.25) is 5.91 Å². The van der Waals surface area contributed by atoms with Crippen molar-refractivity contribution in [3.05, 3.63) is 34.9 Å². The van der Waals surface area contributed by atoms with E-state index in [1.165, 1.54) is 5.56 Å². The zero-order valence-corrected chi connectivity index (χ0v) is 14.1. The fourth-order valence-corrected chi connectivity index (χ4v) is 3.23. The number of piperidine rings is 1. The molecule has 0 unspecified atom stereocenters. The first-order chi connectivity index (χ1) is 11.0. The molecule has 1 atom stereocenters. The van der Waals surface area contributed by atoms with Gasteiger partial charge >= 0.3 is 5.97 Å². The maximum Gasteiger partial charge on any atom is 0.303 e. The lowest BCUT2D eigenvalue weighted by Gasteiger charge is -2.32. The molecule has 1 fully saturated rings. The molecule has 1 heterocycles. The number of hydrogen-bond acceptors (Lipinski definition) is 2. The number of likely N-dealkylation sites (tertiary alicyclic amines) is 1. The summed E-state index contributed by atoms with van der Waals surface area (Å²) in [7, 11) is 0.